The molecule has 0 aliphatic rings. The number of aliphatic hydroxyl groups excluding tert-OH is 1. The number of rotatable bonds is 65. The molecule has 17 nitrogen and oxygen atoms in total. The van der Waals surface area contributed by atoms with Crippen LogP contribution in [0.3, 0.4) is 0 Å². The van der Waals surface area contributed by atoms with Gasteiger partial charge in [0.25, 0.3) is 0 Å². The van der Waals surface area contributed by atoms with Gasteiger partial charge >= 0.3 is 39.5 Å². The number of unbranched alkanes of at least 4 members (excludes halogenated alkanes) is 34. The van der Waals surface area contributed by atoms with E-state index in [1.54, 1.807) is 0 Å². The standard InChI is InChI=1S/C66H128O17P2/c1-7-10-12-14-16-18-20-22-25-29-36-42-48-63(68)76-54-61(82-66(71)51-45-39-31-27-23-24-28-34-40-46-58(4)5)56-80-84(72,73)78-52-60(67)53-79-85(74,75)81-57-62(55-77-64(69)49-43-37-33-32-35-41-47-59(6)9-3)83-65(70)50-44-38-30-26-21-19-17-15-13-11-8-2/h58-62,67H,7-57H2,1-6H3,(H,72,73)(H,74,75)/t59?,60-,61-,62-/m1/s1. The summed E-state index contributed by atoms with van der Waals surface area (Å²) in [4.78, 5) is 72.3. The molecule has 0 aromatic heterocycles. The third-order valence-electron chi connectivity index (χ3n) is 15.6. The molecule has 0 aliphatic heterocycles. The second kappa shape index (κ2) is 58.4. The van der Waals surface area contributed by atoms with Gasteiger partial charge in [-0.15, -0.1) is 0 Å². The Labute approximate surface area is 517 Å². The van der Waals surface area contributed by atoms with Crippen LogP contribution in [0.25, 0.3) is 0 Å². The van der Waals surface area contributed by atoms with Gasteiger partial charge in [0.05, 0.1) is 26.4 Å². The van der Waals surface area contributed by atoms with Crippen LogP contribution >= 0.6 is 15.6 Å². The molecule has 0 aliphatic carbocycles. The largest absolute Gasteiger partial charge is 0.472 e. The maximum atomic E-state index is 13.0. The van der Waals surface area contributed by atoms with Gasteiger partial charge in [-0.2, -0.15) is 0 Å². The van der Waals surface area contributed by atoms with E-state index in [4.69, 9.17) is 37.0 Å². The predicted octanol–water partition coefficient (Wildman–Crippen LogP) is 18.4. The van der Waals surface area contributed by atoms with Gasteiger partial charge in [0.2, 0.25) is 0 Å². The number of hydrogen-bond acceptors (Lipinski definition) is 15. The van der Waals surface area contributed by atoms with E-state index in [0.717, 1.165) is 108 Å². The maximum absolute atomic E-state index is 13.0. The highest BCUT2D eigenvalue weighted by molar-refractivity contribution is 7.47. The monoisotopic (exact) mass is 1250 g/mol. The van der Waals surface area contributed by atoms with Gasteiger partial charge in [0.15, 0.2) is 12.2 Å². The Hall–Kier alpha value is -1.94. The molecular formula is C66H128O17P2. The van der Waals surface area contributed by atoms with Crippen molar-refractivity contribution >= 4 is 39.5 Å². The second-order valence-electron chi connectivity index (χ2n) is 24.6. The van der Waals surface area contributed by atoms with E-state index < -0.39 is 97.5 Å². The molecular weight excluding hydrogens is 1130 g/mol. The summed E-state index contributed by atoms with van der Waals surface area (Å²) in [6.07, 6.45) is 41.6. The molecule has 0 amide bonds. The van der Waals surface area contributed by atoms with Gasteiger partial charge in [-0.1, -0.05) is 279 Å². The summed E-state index contributed by atoms with van der Waals surface area (Å²) in [5.74, 6) is -0.663. The molecule has 0 heterocycles. The van der Waals surface area contributed by atoms with Crippen molar-refractivity contribution in [3.05, 3.63) is 0 Å². The molecule has 504 valence electrons. The van der Waals surface area contributed by atoms with Crippen molar-refractivity contribution in [1.82, 2.24) is 0 Å². The molecule has 0 rings (SSSR count). The van der Waals surface area contributed by atoms with E-state index >= 15 is 0 Å². The molecule has 0 bridgehead atoms. The number of phosphoric ester groups is 2. The molecule has 6 atom stereocenters. The predicted molar refractivity (Wildman–Crippen MR) is 340 cm³/mol. The molecule has 0 saturated heterocycles. The number of carbonyl (C=O) groups excluding carboxylic acids is 4. The van der Waals surface area contributed by atoms with Crippen LogP contribution in [0.4, 0.5) is 0 Å². The normalized spacial score (nSPS) is 14.6. The Balaban J connectivity index is 5.25. The van der Waals surface area contributed by atoms with E-state index in [1.807, 2.05) is 0 Å². The number of aliphatic hydroxyl groups is 1. The van der Waals surface area contributed by atoms with Gasteiger partial charge in [-0.3, -0.25) is 37.3 Å². The van der Waals surface area contributed by atoms with Crippen LogP contribution in [0.2, 0.25) is 0 Å². The molecule has 0 radical (unpaired) electrons. The Bertz CT molecular complexity index is 1670. The van der Waals surface area contributed by atoms with Gasteiger partial charge in [-0.05, 0) is 37.5 Å². The Morgan fingerprint density at radius 3 is 0.894 bits per heavy atom. The number of phosphoric acid groups is 2. The third kappa shape index (κ3) is 59.5. The number of ether oxygens (including phenoxy) is 4. The zero-order valence-corrected chi connectivity index (χ0v) is 56.7. The molecule has 0 spiro atoms. The fourth-order valence-corrected chi connectivity index (χ4v) is 11.4. The van der Waals surface area contributed by atoms with Crippen LogP contribution in [0.15, 0.2) is 0 Å². The average molecular weight is 1260 g/mol. The fourth-order valence-electron chi connectivity index (χ4n) is 9.85. The summed E-state index contributed by atoms with van der Waals surface area (Å²) in [6.45, 7) is 9.45. The number of hydrogen-bond donors (Lipinski definition) is 3. The van der Waals surface area contributed by atoms with Crippen molar-refractivity contribution in [3.63, 3.8) is 0 Å². The summed E-state index contributed by atoms with van der Waals surface area (Å²) in [5.41, 5.74) is 0. The first-order valence-corrected chi connectivity index (χ1v) is 37.5. The van der Waals surface area contributed by atoms with Gasteiger partial charge in [-0.25, -0.2) is 9.13 Å². The molecule has 85 heavy (non-hydrogen) atoms. The lowest BCUT2D eigenvalue weighted by Gasteiger charge is -2.21. The third-order valence-corrected chi connectivity index (χ3v) is 17.5. The van der Waals surface area contributed by atoms with Crippen LogP contribution < -0.4 is 0 Å². The molecule has 0 saturated carbocycles. The zero-order valence-electron chi connectivity index (χ0n) is 54.9. The average Bonchev–Trinajstić information content (AvgIpc) is 3.56. The summed E-state index contributed by atoms with van der Waals surface area (Å²) in [5, 5.41) is 10.6. The molecule has 0 aromatic rings. The van der Waals surface area contributed by atoms with E-state index in [9.17, 15) is 43.2 Å². The van der Waals surface area contributed by atoms with Crippen molar-refractivity contribution < 1.29 is 80.2 Å². The summed E-state index contributed by atoms with van der Waals surface area (Å²) in [7, 11) is -9.89. The molecule has 19 heteroatoms. The quantitative estimate of drug-likeness (QED) is 0.0222. The van der Waals surface area contributed by atoms with Crippen LogP contribution in [-0.4, -0.2) is 96.7 Å². The zero-order chi connectivity index (χ0) is 62.9. The summed E-state index contributed by atoms with van der Waals surface area (Å²) < 4.78 is 68.1. The minimum Gasteiger partial charge on any atom is -0.462 e. The first-order valence-electron chi connectivity index (χ1n) is 34.5. The van der Waals surface area contributed by atoms with Crippen molar-refractivity contribution in [2.45, 2.75) is 349 Å². The summed E-state index contributed by atoms with van der Waals surface area (Å²) >= 11 is 0. The Morgan fingerprint density at radius 1 is 0.341 bits per heavy atom. The van der Waals surface area contributed by atoms with E-state index in [2.05, 4.69) is 41.5 Å². The van der Waals surface area contributed by atoms with Gasteiger partial charge < -0.3 is 33.8 Å². The Morgan fingerprint density at radius 2 is 0.600 bits per heavy atom. The lowest BCUT2D eigenvalue weighted by Crippen LogP contribution is -2.30. The van der Waals surface area contributed by atoms with Crippen molar-refractivity contribution in [3.8, 4) is 0 Å². The van der Waals surface area contributed by atoms with Crippen molar-refractivity contribution in [2.75, 3.05) is 39.6 Å². The van der Waals surface area contributed by atoms with Gasteiger partial charge in [0.1, 0.15) is 19.3 Å². The van der Waals surface area contributed by atoms with E-state index in [0.29, 0.717) is 25.7 Å². The van der Waals surface area contributed by atoms with Crippen LogP contribution in [0, 0.1) is 11.8 Å². The molecule has 0 fully saturated rings. The lowest BCUT2D eigenvalue weighted by atomic mass is 10.00. The highest BCUT2D eigenvalue weighted by Crippen LogP contribution is 2.45. The highest BCUT2D eigenvalue weighted by atomic mass is 31.2. The minimum atomic E-state index is -4.95. The minimum absolute atomic E-state index is 0.105. The fraction of sp³-hybridized carbons (Fsp3) is 0.939. The second-order valence-corrected chi connectivity index (χ2v) is 27.5. The first-order chi connectivity index (χ1) is 40.9. The molecule has 0 aromatic carbocycles. The smallest absolute Gasteiger partial charge is 0.462 e. The van der Waals surface area contributed by atoms with E-state index in [-0.39, 0.29) is 25.7 Å². The highest BCUT2D eigenvalue weighted by Gasteiger charge is 2.30. The molecule has 3 N–H and O–H groups in total. The maximum Gasteiger partial charge on any atom is 0.472 e. The first kappa shape index (κ1) is 83.1. The van der Waals surface area contributed by atoms with Crippen LogP contribution in [0.1, 0.15) is 330 Å². The van der Waals surface area contributed by atoms with Crippen molar-refractivity contribution in [2.24, 2.45) is 11.8 Å². The number of carbonyl (C=O) groups is 4. The topological polar surface area (TPSA) is 237 Å². The Kier molecular flexibility index (Phi) is 57.1. The molecule has 3 unspecified atom stereocenters. The van der Waals surface area contributed by atoms with Crippen LogP contribution in [0.5, 0.6) is 0 Å². The van der Waals surface area contributed by atoms with Crippen LogP contribution in [-0.2, 0) is 65.4 Å². The van der Waals surface area contributed by atoms with Crippen molar-refractivity contribution in [1.29, 1.82) is 0 Å². The van der Waals surface area contributed by atoms with Gasteiger partial charge in [0, 0.05) is 25.7 Å². The summed E-state index contributed by atoms with van der Waals surface area (Å²) in [6, 6.07) is 0. The number of esters is 4. The van der Waals surface area contributed by atoms with E-state index in [1.165, 1.54) is 141 Å². The SMILES string of the molecule is CCCCCCCCCCCCCCC(=O)OC[C@H](COP(=O)(O)OC[C@@H](O)COP(=O)(O)OC[C@@H](COC(=O)CCCCCCCCC(C)CC)OC(=O)CCCCCCCCCCCCC)OC(=O)CCCCCCCCCCCC(C)C. The lowest BCUT2D eigenvalue weighted by molar-refractivity contribution is -0.161.